The summed E-state index contributed by atoms with van der Waals surface area (Å²) < 4.78 is 0. The Balaban J connectivity index is 0. The van der Waals surface area contributed by atoms with Gasteiger partial charge in [0.05, 0.1) is 20.6 Å². The molecule has 0 unspecified atom stereocenters. The number of hydrogen-bond acceptors (Lipinski definition) is 1. The van der Waals surface area contributed by atoms with Crippen LogP contribution in [-0.2, 0) is 0 Å². The lowest BCUT2D eigenvalue weighted by Crippen LogP contribution is -3.05. The molecule has 0 bridgehead atoms. The SMILES string of the molecule is C[NH+](C)CCCO.[F-]. The molecule has 0 saturated carbocycles. The van der Waals surface area contributed by atoms with Gasteiger partial charge in [-0.3, -0.25) is 0 Å². The second kappa shape index (κ2) is 6.85. The molecule has 0 aromatic rings. The van der Waals surface area contributed by atoms with Crippen molar-refractivity contribution in [3.05, 3.63) is 0 Å². The molecule has 0 aromatic heterocycles. The van der Waals surface area contributed by atoms with Crippen LogP contribution in [0.5, 0.6) is 0 Å². The third kappa shape index (κ3) is 9.28. The fraction of sp³-hybridized carbons (Fsp3) is 1.00. The molecule has 0 aliphatic rings. The zero-order valence-electron chi connectivity index (χ0n) is 5.45. The summed E-state index contributed by atoms with van der Waals surface area (Å²) in [6, 6.07) is 0. The Morgan fingerprint density at radius 3 is 2.00 bits per heavy atom. The predicted molar refractivity (Wildman–Crippen MR) is 29.4 cm³/mol. The summed E-state index contributed by atoms with van der Waals surface area (Å²) in [6.07, 6.45) is 0.919. The molecule has 2 N–H and O–H groups in total. The second-order valence-electron chi connectivity index (χ2n) is 2.03. The monoisotopic (exact) mass is 123 g/mol. The van der Waals surface area contributed by atoms with Crippen molar-refractivity contribution in [2.75, 3.05) is 27.2 Å². The Hall–Kier alpha value is -0.150. The quantitative estimate of drug-likeness (QED) is 0.388. The van der Waals surface area contributed by atoms with E-state index in [9.17, 15) is 0 Å². The van der Waals surface area contributed by atoms with Crippen LogP contribution in [0.3, 0.4) is 0 Å². The first kappa shape index (κ1) is 10.8. The number of aliphatic hydroxyl groups excluding tert-OH is 1. The van der Waals surface area contributed by atoms with Gasteiger partial charge in [-0.2, -0.15) is 0 Å². The summed E-state index contributed by atoms with van der Waals surface area (Å²) in [7, 11) is 4.16. The molecule has 0 rings (SSSR count). The van der Waals surface area contributed by atoms with Crippen LogP contribution in [-0.4, -0.2) is 32.4 Å². The molecular formula is C5H14FNO. The Morgan fingerprint density at radius 1 is 1.38 bits per heavy atom. The molecule has 0 saturated heterocycles. The Labute approximate surface area is 49.5 Å². The van der Waals surface area contributed by atoms with Gasteiger partial charge in [0.2, 0.25) is 0 Å². The highest BCUT2D eigenvalue weighted by Crippen LogP contribution is 1.62. The maximum absolute atomic E-state index is 8.30. The average Bonchev–Trinajstić information content (AvgIpc) is 1.61. The number of aliphatic hydroxyl groups is 1. The molecule has 0 aliphatic carbocycles. The molecule has 0 spiro atoms. The van der Waals surface area contributed by atoms with Gasteiger partial charge in [-0.25, -0.2) is 0 Å². The molecule has 0 fully saturated rings. The minimum atomic E-state index is 0. The van der Waals surface area contributed by atoms with Crippen molar-refractivity contribution in [2.45, 2.75) is 6.42 Å². The van der Waals surface area contributed by atoms with Crippen molar-refractivity contribution in [2.24, 2.45) is 0 Å². The van der Waals surface area contributed by atoms with Crippen molar-refractivity contribution in [1.82, 2.24) is 0 Å². The van der Waals surface area contributed by atoms with Gasteiger partial charge in [0.25, 0.3) is 0 Å². The molecule has 0 atom stereocenters. The van der Waals surface area contributed by atoms with Gasteiger partial charge in [0.15, 0.2) is 0 Å². The first-order valence-electron chi connectivity index (χ1n) is 2.67. The summed E-state index contributed by atoms with van der Waals surface area (Å²) in [5, 5.41) is 8.30. The lowest BCUT2D eigenvalue weighted by atomic mass is 10.4. The fourth-order valence-corrected chi connectivity index (χ4v) is 0.433. The van der Waals surface area contributed by atoms with E-state index in [0.717, 1.165) is 13.0 Å². The third-order valence-corrected chi connectivity index (χ3v) is 0.835. The van der Waals surface area contributed by atoms with Crippen molar-refractivity contribution in [3.63, 3.8) is 0 Å². The molecule has 0 aliphatic heterocycles. The van der Waals surface area contributed by atoms with E-state index in [2.05, 4.69) is 14.1 Å². The van der Waals surface area contributed by atoms with Gasteiger partial charge in [-0.15, -0.1) is 0 Å². The molecule has 0 aromatic carbocycles. The maximum Gasteiger partial charge on any atom is 0.0789 e. The molecule has 8 heavy (non-hydrogen) atoms. The van der Waals surface area contributed by atoms with Crippen LogP contribution in [0.2, 0.25) is 0 Å². The van der Waals surface area contributed by atoms with Crippen molar-refractivity contribution in [1.29, 1.82) is 0 Å². The van der Waals surface area contributed by atoms with Gasteiger partial charge in [-0.05, 0) is 0 Å². The van der Waals surface area contributed by atoms with E-state index in [4.69, 9.17) is 5.11 Å². The van der Waals surface area contributed by atoms with Gasteiger partial charge in [0.1, 0.15) is 0 Å². The van der Waals surface area contributed by atoms with E-state index in [1.165, 1.54) is 4.90 Å². The second-order valence-corrected chi connectivity index (χ2v) is 2.03. The molecule has 0 amide bonds. The summed E-state index contributed by atoms with van der Waals surface area (Å²) in [5.41, 5.74) is 0. The highest BCUT2D eigenvalue weighted by molar-refractivity contribution is 4.23. The minimum Gasteiger partial charge on any atom is -1.00 e. The Bertz CT molecular complexity index is 41.4. The van der Waals surface area contributed by atoms with Gasteiger partial charge in [-0.1, -0.05) is 0 Å². The summed E-state index contributed by atoms with van der Waals surface area (Å²) in [5.74, 6) is 0. The number of quaternary nitrogens is 1. The highest BCUT2D eigenvalue weighted by atomic mass is 19.0. The first-order chi connectivity index (χ1) is 3.27. The van der Waals surface area contributed by atoms with E-state index >= 15 is 0 Å². The number of halogens is 1. The normalized spacial score (nSPS) is 9.00. The average molecular weight is 123 g/mol. The molecule has 0 heterocycles. The highest BCUT2D eigenvalue weighted by Gasteiger charge is 1.87. The number of hydrogen-bond donors (Lipinski definition) is 2. The van der Waals surface area contributed by atoms with Gasteiger partial charge in [0, 0.05) is 13.0 Å². The largest absolute Gasteiger partial charge is 1.00 e. The Morgan fingerprint density at radius 2 is 1.88 bits per heavy atom. The summed E-state index contributed by atoms with van der Waals surface area (Å²) in [6.45, 7) is 1.39. The molecule has 52 valence electrons. The van der Waals surface area contributed by atoms with Gasteiger partial charge >= 0.3 is 0 Å². The molecule has 0 radical (unpaired) electrons. The molecule has 3 heteroatoms. The van der Waals surface area contributed by atoms with E-state index in [1.807, 2.05) is 0 Å². The van der Waals surface area contributed by atoms with Crippen molar-refractivity contribution < 1.29 is 14.7 Å². The van der Waals surface area contributed by atoms with E-state index in [0.29, 0.717) is 6.61 Å². The zero-order chi connectivity index (χ0) is 5.70. The van der Waals surface area contributed by atoms with Crippen LogP contribution < -0.4 is 9.60 Å². The van der Waals surface area contributed by atoms with Crippen LogP contribution >= 0.6 is 0 Å². The smallest absolute Gasteiger partial charge is 0.0789 e. The lowest BCUT2D eigenvalue weighted by Gasteiger charge is -2.02. The summed E-state index contributed by atoms with van der Waals surface area (Å²) >= 11 is 0. The van der Waals surface area contributed by atoms with Crippen LogP contribution in [0.25, 0.3) is 0 Å². The fourth-order valence-electron chi connectivity index (χ4n) is 0.433. The van der Waals surface area contributed by atoms with Gasteiger partial charge < -0.3 is 14.7 Å². The van der Waals surface area contributed by atoms with Crippen LogP contribution in [0, 0.1) is 0 Å². The standard InChI is InChI=1S/C5H13NO.FH/c1-6(2)4-3-5-7;/h7H,3-5H2,1-2H3;1H. The van der Waals surface area contributed by atoms with E-state index < -0.39 is 0 Å². The van der Waals surface area contributed by atoms with Crippen LogP contribution in [0.4, 0.5) is 0 Å². The van der Waals surface area contributed by atoms with E-state index in [1.54, 1.807) is 0 Å². The molecule has 2 nitrogen and oxygen atoms in total. The van der Waals surface area contributed by atoms with E-state index in [-0.39, 0.29) is 4.70 Å². The first-order valence-corrected chi connectivity index (χ1v) is 2.67. The summed E-state index contributed by atoms with van der Waals surface area (Å²) in [4.78, 5) is 1.40. The maximum atomic E-state index is 8.30. The van der Waals surface area contributed by atoms with Crippen LogP contribution in [0.1, 0.15) is 6.42 Å². The lowest BCUT2D eigenvalue weighted by molar-refractivity contribution is -0.858. The topological polar surface area (TPSA) is 24.7 Å². The molecular weight excluding hydrogens is 109 g/mol. The number of nitrogens with one attached hydrogen (secondary N) is 1. The number of rotatable bonds is 3. The predicted octanol–water partition coefficient (Wildman–Crippen LogP) is -4.48. The van der Waals surface area contributed by atoms with Crippen molar-refractivity contribution in [3.8, 4) is 0 Å². The Kier molecular flexibility index (Phi) is 9.22. The minimum absolute atomic E-state index is 0. The van der Waals surface area contributed by atoms with Crippen molar-refractivity contribution >= 4 is 0 Å². The zero-order valence-corrected chi connectivity index (χ0v) is 5.45. The van der Waals surface area contributed by atoms with Crippen LogP contribution in [0.15, 0.2) is 0 Å². The third-order valence-electron chi connectivity index (χ3n) is 0.835.